The van der Waals surface area contributed by atoms with Crippen molar-refractivity contribution >= 4 is 21.4 Å². The van der Waals surface area contributed by atoms with Crippen LogP contribution in [0.25, 0.3) is 0 Å². The van der Waals surface area contributed by atoms with Crippen molar-refractivity contribution in [1.82, 2.24) is 5.32 Å². The number of anilines is 1. The second kappa shape index (κ2) is 8.92. The van der Waals surface area contributed by atoms with E-state index in [1.165, 1.54) is 0 Å². The molecule has 0 heterocycles. The largest absolute Gasteiger partial charge is 0.375 e. The molecule has 29 heavy (non-hydrogen) atoms. The molecular weight excluding hydrogens is 384 g/mol. The molecular formula is C23H24N2O3S. The molecule has 0 atom stereocenters. The average Bonchev–Trinajstić information content (AvgIpc) is 2.73. The Morgan fingerprint density at radius 1 is 0.862 bits per heavy atom. The third-order valence-electron chi connectivity index (χ3n) is 4.53. The lowest BCUT2D eigenvalue weighted by molar-refractivity contribution is -0.119. The topological polar surface area (TPSA) is 75.3 Å². The summed E-state index contributed by atoms with van der Waals surface area (Å²) in [6.07, 6.45) is 0. The van der Waals surface area contributed by atoms with Gasteiger partial charge < -0.3 is 10.6 Å². The van der Waals surface area contributed by atoms with Crippen LogP contribution in [0.4, 0.5) is 5.69 Å². The van der Waals surface area contributed by atoms with E-state index >= 15 is 0 Å². The summed E-state index contributed by atoms with van der Waals surface area (Å²) in [7, 11) is -3.69. The van der Waals surface area contributed by atoms with Crippen LogP contribution in [-0.4, -0.2) is 20.9 Å². The van der Waals surface area contributed by atoms with Gasteiger partial charge in [0.05, 0.1) is 22.0 Å². The van der Waals surface area contributed by atoms with Crippen LogP contribution in [0.2, 0.25) is 0 Å². The van der Waals surface area contributed by atoms with Gasteiger partial charge >= 0.3 is 0 Å². The van der Waals surface area contributed by atoms with Crippen molar-refractivity contribution in [2.45, 2.75) is 30.2 Å². The van der Waals surface area contributed by atoms with E-state index < -0.39 is 9.84 Å². The number of carbonyl (C=O) groups is 1. The van der Waals surface area contributed by atoms with Gasteiger partial charge in [0.15, 0.2) is 0 Å². The predicted octanol–water partition coefficient (Wildman–Crippen LogP) is 3.86. The number of nitrogens with one attached hydrogen (secondary N) is 2. The zero-order valence-electron chi connectivity index (χ0n) is 16.5. The summed E-state index contributed by atoms with van der Waals surface area (Å²) in [5.41, 5.74) is 3.40. The summed E-state index contributed by atoms with van der Waals surface area (Å²) in [6.45, 7) is 4.24. The maximum absolute atomic E-state index is 13.0. The summed E-state index contributed by atoms with van der Waals surface area (Å²) >= 11 is 0. The van der Waals surface area contributed by atoms with Crippen LogP contribution in [0.5, 0.6) is 0 Å². The van der Waals surface area contributed by atoms with Crippen LogP contribution in [-0.2, 0) is 21.2 Å². The van der Waals surface area contributed by atoms with Gasteiger partial charge in [-0.1, -0.05) is 54.1 Å². The molecule has 0 aliphatic rings. The van der Waals surface area contributed by atoms with Crippen LogP contribution < -0.4 is 10.6 Å². The van der Waals surface area contributed by atoms with Crippen LogP contribution in [0.1, 0.15) is 16.7 Å². The molecule has 0 saturated heterocycles. The van der Waals surface area contributed by atoms with Crippen molar-refractivity contribution < 1.29 is 13.2 Å². The monoisotopic (exact) mass is 408 g/mol. The second-order valence-corrected chi connectivity index (χ2v) is 8.85. The van der Waals surface area contributed by atoms with Crippen molar-refractivity contribution in [2.24, 2.45) is 0 Å². The molecule has 150 valence electrons. The van der Waals surface area contributed by atoms with Gasteiger partial charge in [0.2, 0.25) is 15.7 Å². The molecule has 6 heteroatoms. The van der Waals surface area contributed by atoms with Gasteiger partial charge in [-0.2, -0.15) is 0 Å². The third-order valence-corrected chi connectivity index (χ3v) is 6.34. The summed E-state index contributed by atoms with van der Waals surface area (Å²) in [5, 5.41) is 5.81. The Labute approximate surface area is 171 Å². The van der Waals surface area contributed by atoms with Gasteiger partial charge in [0.25, 0.3) is 0 Å². The van der Waals surface area contributed by atoms with Gasteiger partial charge in [0, 0.05) is 6.54 Å². The van der Waals surface area contributed by atoms with Crippen LogP contribution in [0, 0.1) is 13.8 Å². The first-order valence-electron chi connectivity index (χ1n) is 9.33. The Morgan fingerprint density at radius 3 is 2.21 bits per heavy atom. The number of benzene rings is 3. The highest BCUT2D eigenvalue weighted by Crippen LogP contribution is 2.28. The number of hydrogen-bond acceptors (Lipinski definition) is 4. The quantitative estimate of drug-likeness (QED) is 0.622. The first-order valence-corrected chi connectivity index (χ1v) is 10.8. The fourth-order valence-electron chi connectivity index (χ4n) is 2.87. The highest BCUT2D eigenvalue weighted by Gasteiger charge is 2.21. The van der Waals surface area contributed by atoms with Crippen molar-refractivity contribution in [3.05, 3.63) is 89.5 Å². The fraction of sp³-hybridized carbons (Fsp3) is 0.174. The number of rotatable bonds is 7. The number of sulfone groups is 1. The molecule has 5 nitrogen and oxygen atoms in total. The van der Waals surface area contributed by atoms with E-state index in [-0.39, 0.29) is 22.2 Å². The molecule has 0 aliphatic heterocycles. The SMILES string of the molecule is Cc1ccc(CNC(=O)CNc2ccc(C)cc2S(=O)(=O)c2ccccc2)cc1. The summed E-state index contributed by atoms with van der Waals surface area (Å²) in [4.78, 5) is 12.6. The molecule has 0 radical (unpaired) electrons. The maximum atomic E-state index is 13.0. The molecule has 0 aromatic heterocycles. The Bertz CT molecular complexity index is 1090. The first-order chi connectivity index (χ1) is 13.9. The van der Waals surface area contributed by atoms with Crippen molar-refractivity contribution in [3.63, 3.8) is 0 Å². The standard InChI is InChI=1S/C23H24N2O3S/c1-17-8-11-19(12-9-17)15-25-23(26)16-24-21-13-10-18(2)14-22(21)29(27,28)20-6-4-3-5-7-20/h3-14,24H,15-16H2,1-2H3,(H,25,26). The van der Waals surface area contributed by atoms with Gasteiger partial charge in [0.1, 0.15) is 0 Å². The number of amides is 1. The number of aryl methyl sites for hydroxylation is 2. The predicted molar refractivity (Wildman–Crippen MR) is 115 cm³/mol. The maximum Gasteiger partial charge on any atom is 0.239 e. The summed E-state index contributed by atoms with van der Waals surface area (Å²) in [6, 6.07) is 21.3. The minimum absolute atomic E-state index is 0.0216. The smallest absolute Gasteiger partial charge is 0.239 e. The van der Waals surface area contributed by atoms with E-state index in [9.17, 15) is 13.2 Å². The van der Waals surface area contributed by atoms with E-state index in [1.807, 2.05) is 44.2 Å². The van der Waals surface area contributed by atoms with E-state index in [0.29, 0.717) is 12.2 Å². The van der Waals surface area contributed by atoms with E-state index in [0.717, 1.165) is 16.7 Å². The Kier molecular flexibility index (Phi) is 6.34. The van der Waals surface area contributed by atoms with Crippen LogP contribution >= 0.6 is 0 Å². The first kappa shape index (κ1) is 20.6. The molecule has 0 saturated carbocycles. The molecule has 0 unspecified atom stereocenters. The Hall–Kier alpha value is -3.12. The zero-order valence-corrected chi connectivity index (χ0v) is 17.3. The van der Waals surface area contributed by atoms with E-state index in [2.05, 4.69) is 10.6 Å². The zero-order chi connectivity index (χ0) is 20.9. The summed E-state index contributed by atoms with van der Waals surface area (Å²) in [5.74, 6) is -0.214. The normalized spacial score (nSPS) is 11.1. The van der Waals surface area contributed by atoms with Crippen LogP contribution in [0.15, 0.2) is 82.6 Å². The lowest BCUT2D eigenvalue weighted by atomic mass is 10.1. The number of carbonyl (C=O) groups excluding carboxylic acids is 1. The molecule has 1 amide bonds. The Morgan fingerprint density at radius 2 is 1.52 bits per heavy atom. The van der Waals surface area contributed by atoms with Gasteiger partial charge in [-0.3, -0.25) is 4.79 Å². The highest BCUT2D eigenvalue weighted by molar-refractivity contribution is 7.91. The van der Waals surface area contributed by atoms with Crippen molar-refractivity contribution in [2.75, 3.05) is 11.9 Å². The van der Waals surface area contributed by atoms with Gasteiger partial charge in [-0.25, -0.2) is 8.42 Å². The molecule has 0 fully saturated rings. The van der Waals surface area contributed by atoms with Gasteiger partial charge in [-0.15, -0.1) is 0 Å². The summed E-state index contributed by atoms with van der Waals surface area (Å²) < 4.78 is 26.1. The van der Waals surface area contributed by atoms with Crippen LogP contribution in [0.3, 0.4) is 0 Å². The van der Waals surface area contributed by atoms with E-state index in [4.69, 9.17) is 0 Å². The lowest BCUT2D eigenvalue weighted by Crippen LogP contribution is -2.29. The fourth-order valence-corrected chi connectivity index (χ4v) is 4.41. The highest BCUT2D eigenvalue weighted by atomic mass is 32.2. The minimum atomic E-state index is -3.69. The average molecular weight is 409 g/mol. The van der Waals surface area contributed by atoms with Gasteiger partial charge in [-0.05, 0) is 49.2 Å². The Balaban J connectivity index is 1.71. The molecule has 3 aromatic carbocycles. The molecule has 0 bridgehead atoms. The molecule has 0 spiro atoms. The minimum Gasteiger partial charge on any atom is -0.375 e. The lowest BCUT2D eigenvalue weighted by Gasteiger charge is -2.14. The molecule has 3 aromatic rings. The van der Waals surface area contributed by atoms with Crippen molar-refractivity contribution in [3.8, 4) is 0 Å². The molecule has 2 N–H and O–H groups in total. The number of hydrogen-bond donors (Lipinski definition) is 2. The second-order valence-electron chi connectivity index (χ2n) is 6.93. The molecule has 0 aliphatic carbocycles. The third kappa shape index (κ3) is 5.23. The van der Waals surface area contributed by atoms with E-state index in [1.54, 1.807) is 42.5 Å². The molecule has 3 rings (SSSR count). The van der Waals surface area contributed by atoms with Crippen molar-refractivity contribution in [1.29, 1.82) is 0 Å².